The SMILES string of the molecule is CC(C)(C)Nc1nc(-c2ccc3ccccc3c2)no1. The molecule has 4 heteroatoms. The van der Waals surface area contributed by atoms with Crippen molar-refractivity contribution in [2.75, 3.05) is 5.32 Å². The number of benzene rings is 2. The fourth-order valence-corrected chi connectivity index (χ4v) is 2.04. The van der Waals surface area contributed by atoms with E-state index in [1.165, 1.54) is 10.8 Å². The summed E-state index contributed by atoms with van der Waals surface area (Å²) in [6.45, 7) is 6.15. The molecule has 0 saturated carbocycles. The van der Waals surface area contributed by atoms with Crippen molar-refractivity contribution < 1.29 is 4.52 Å². The third-order valence-corrected chi connectivity index (χ3v) is 2.92. The lowest BCUT2D eigenvalue weighted by Gasteiger charge is -2.17. The summed E-state index contributed by atoms with van der Waals surface area (Å²) in [5, 5.41) is 9.57. The lowest BCUT2D eigenvalue weighted by atomic mass is 10.1. The van der Waals surface area contributed by atoms with Crippen LogP contribution in [0.25, 0.3) is 22.2 Å². The van der Waals surface area contributed by atoms with Gasteiger partial charge >= 0.3 is 6.01 Å². The summed E-state index contributed by atoms with van der Waals surface area (Å²) >= 11 is 0. The molecule has 20 heavy (non-hydrogen) atoms. The molecule has 0 amide bonds. The first kappa shape index (κ1) is 12.7. The summed E-state index contributed by atoms with van der Waals surface area (Å²) in [5.74, 6) is 0.600. The number of fused-ring (bicyclic) bond motifs is 1. The van der Waals surface area contributed by atoms with E-state index in [0.717, 1.165) is 5.56 Å². The summed E-state index contributed by atoms with van der Waals surface area (Å²) in [6.07, 6.45) is 0. The third-order valence-electron chi connectivity index (χ3n) is 2.92. The van der Waals surface area contributed by atoms with Crippen LogP contribution in [0.3, 0.4) is 0 Å². The summed E-state index contributed by atoms with van der Waals surface area (Å²) in [7, 11) is 0. The standard InChI is InChI=1S/C16H17N3O/c1-16(2,3)18-15-17-14(19-20-15)13-9-8-11-6-4-5-7-12(11)10-13/h4-10H,1-3H3,(H,17,18,19). The van der Waals surface area contributed by atoms with Crippen LogP contribution in [0.2, 0.25) is 0 Å². The van der Waals surface area contributed by atoms with Gasteiger partial charge in [-0.15, -0.1) is 0 Å². The summed E-state index contributed by atoms with van der Waals surface area (Å²) in [5.41, 5.74) is 0.849. The van der Waals surface area contributed by atoms with Crippen LogP contribution in [0.5, 0.6) is 0 Å². The van der Waals surface area contributed by atoms with E-state index in [0.29, 0.717) is 11.8 Å². The van der Waals surface area contributed by atoms with E-state index in [1.54, 1.807) is 0 Å². The van der Waals surface area contributed by atoms with Crippen molar-refractivity contribution in [2.24, 2.45) is 0 Å². The van der Waals surface area contributed by atoms with Crippen molar-refractivity contribution in [2.45, 2.75) is 26.3 Å². The van der Waals surface area contributed by atoms with E-state index in [2.05, 4.69) is 39.7 Å². The van der Waals surface area contributed by atoms with E-state index in [4.69, 9.17) is 4.52 Å². The minimum atomic E-state index is -0.104. The van der Waals surface area contributed by atoms with Gasteiger partial charge in [0.2, 0.25) is 5.82 Å². The van der Waals surface area contributed by atoms with Gasteiger partial charge in [0.1, 0.15) is 0 Å². The fourth-order valence-electron chi connectivity index (χ4n) is 2.04. The van der Waals surface area contributed by atoms with Gasteiger partial charge in [0.25, 0.3) is 0 Å². The van der Waals surface area contributed by atoms with Crippen molar-refractivity contribution >= 4 is 16.8 Å². The van der Waals surface area contributed by atoms with Gasteiger partial charge in [0.05, 0.1) is 0 Å². The van der Waals surface area contributed by atoms with E-state index in [1.807, 2.05) is 39.0 Å². The molecule has 0 spiro atoms. The van der Waals surface area contributed by atoms with Crippen LogP contribution in [0.4, 0.5) is 6.01 Å². The van der Waals surface area contributed by atoms with Gasteiger partial charge in [0.15, 0.2) is 0 Å². The van der Waals surface area contributed by atoms with Crippen LogP contribution in [0, 0.1) is 0 Å². The largest absolute Gasteiger partial charge is 0.333 e. The quantitative estimate of drug-likeness (QED) is 0.759. The maximum atomic E-state index is 5.23. The number of nitrogens with zero attached hydrogens (tertiary/aromatic N) is 2. The Hall–Kier alpha value is -2.36. The number of aromatic nitrogens is 2. The molecule has 0 atom stereocenters. The van der Waals surface area contributed by atoms with Crippen LogP contribution in [0.15, 0.2) is 47.0 Å². The highest BCUT2D eigenvalue weighted by molar-refractivity contribution is 5.86. The van der Waals surface area contributed by atoms with Gasteiger partial charge in [-0.3, -0.25) is 0 Å². The molecule has 1 heterocycles. The molecule has 4 nitrogen and oxygen atoms in total. The molecule has 0 aliphatic rings. The highest BCUT2D eigenvalue weighted by Crippen LogP contribution is 2.23. The summed E-state index contributed by atoms with van der Waals surface area (Å²) in [4.78, 5) is 4.38. The van der Waals surface area contributed by atoms with Gasteiger partial charge in [0, 0.05) is 11.1 Å². The Balaban J connectivity index is 1.95. The molecule has 102 valence electrons. The average molecular weight is 267 g/mol. The lowest BCUT2D eigenvalue weighted by molar-refractivity contribution is 0.420. The zero-order valence-corrected chi connectivity index (χ0v) is 11.8. The molecule has 1 N–H and O–H groups in total. The second-order valence-corrected chi connectivity index (χ2v) is 5.86. The Kier molecular flexibility index (Phi) is 2.93. The number of hydrogen-bond acceptors (Lipinski definition) is 4. The highest BCUT2D eigenvalue weighted by Gasteiger charge is 2.15. The highest BCUT2D eigenvalue weighted by atomic mass is 16.5. The molecule has 2 aromatic carbocycles. The molecule has 0 unspecified atom stereocenters. The predicted octanol–water partition coefficient (Wildman–Crippen LogP) is 4.10. The topological polar surface area (TPSA) is 51.0 Å². The minimum absolute atomic E-state index is 0.104. The van der Waals surface area contributed by atoms with Crippen LogP contribution in [-0.2, 0) is 0 Å². The molecule has 3 rings (SSSR count). The van der Waals surface area contributed by atoms with E-state index < -0.39 is 0 Å². The van der Waals surface area contributed by atoms with Gasteiger partial charge in [-0.05, 0) is 37.6 Å². The number of nitrogens with one attached hydrogen (secondary N) is 1. The molecule has 0 fully saturated rings. The van der Waals surface area contributed by atoms with E-state index in [-0.39, 0.29) is 5.54 Å². The molecule has 0 aliphatic heterocycles. The van der Waals surface area contributed by atoms with Crippen LogP contribution >= 0.6 is 0 Å². The van der Waals surface area contributed by atoms with Crippen LogP contribution in [0.1, 0.15) is 20.8 Å². The number of anilines is 1. The maximum absolute atomic E-state index is 5.23. The first-order valence-electron chi connectivity index (χ1n) is 6.62. The van der Waals surface area contributed by atoms with E-state index >= 15 is 0 Å². The number of rotatable bonds is 2. The number of hydrogen-bond donors (Lipinski definition) is 1. The zero-order valence-electron chi connectivity index (χ0n) is 11.8. The van der Waals surface area contributed by atoms with Gasteiger partial charge in [-0.2, -0.15) is 4.98 Å². The Labute approximate surface area is 117 Å². The monoisotopic (exact) mass is 267 g/mol. The van der Waals surface area contributed by atoms with Gasteiger partial charge < -0.3 is 9.84 Å². The van der Waals surface area contributed by atoms with Crippen molar-refractivity contribution in [1.82, 2.24) is 10.1 Å². The Morgan fingerprint density at radius 1 is 1.00 bits per heavy atom. The minimum Gasteiger partial charge on any atom is -0.333 e. The maximum Gasteiger partial charge on any atom is 0.322 e. The average Bonchev–Trinajstić information content (AvgIpc) is 2.84. The summed E-state index contributed by atoms with van der Waals surface area (Å²) < 4.78 is 5.23. The smallest absolute Gasteiger partial charge is 0.322 e. The Morgan fingerprint density at radius 2 is 1.75 bits per heavy atom. The fraction of sp³-hybridized carbons (Fsp3) is 0.250. The van der Waals surface area contributed by atoms with Crippen LogP contribution in [-0.4, -0.2) is 15.7 Å². The second-order valence-electron chi connectivity index (χ2n) is 5.86. The first-order chi connectivity index (χ1) is 9.51. The summed E-state index contributed by atoms with van der Waals surface area (Å²) in [6, 6.07) is 14.8. The molecule has 0 bridgehead atoms. The Bertz CT molecular complexity index is 741. The van der Waals surface area contributed by atoms with Crippen molar-refractivity contribution in [3.63, 3.8) is 0 Å². The van der Waals surface area contributed by atoms with Gasteiger partial charge in [-0.1, -0.05) is 41.6 Å². The Morgan fingerprint density at radius 3 is 2.50 bits per heavy atom. The normalized spacial score (nSPS) is 11.8. The first-order valence-corrected chi connectivity index (χ1v) is 6.62. The molecule has 1 aromatic heterocycles. The predicted molar refractivity (Wildman–Crippen MR) is 80.6 cm³/mol. The molecule has 3 aromatic rings. The van der Waals surface area contributed by atoms with Crippen molar-refractivity contribution in [1.29, 1.82) is 0 Å². The molecular weight excluding hydrogens is 250 g/mol. The molecular formula is C16H17N3O. The van der Waals surface area contributed by atoms with Crippen molar-refractivity contribution in [3.05, 3.63) is 42.5 Å². The molecule has 0 aliphatic carbocycles. The van der Waals surface area contributed by atoms with E-state index in [9.17, 15) is 0 Å². The van der Waals surface area contributed by atoms with Crippen molar-refractivity contribution in [3.8, 4) is 11.4 Å². The van der Waals surface area contributed by atoms with Gasteiger partial charge in [-0.25, -0.2) is 0 Å². The third kappa shape index (κ3) is 2.64. The van der Waals surface area contributed by atoms with Crippen LogP contribution < -0.4 is 5.32 Å². The molecule has 0 saturated heterocycles. The lowest BCUT2D eigenvalue weighted by Crippen LogP contribution is -2.26. The zero-order chi connectivity index (χ0) is 14.2. The second kappa shape index (κ2) is 4.63. The molecule has 0 radical (unpaired) electrons.